The van der Waals surface area contributed by atoms with Crippen molar-refractivity contribution in [3.05, 3.63) is 65.0 Å². The molecule has 0 saturated carbocycles. The highest BCUT2D eigenvalue weighted by Crippen LogP contribution is 2.37. The summed E-state index contributed by atoms with van der Waals surface area (Å²) in [5, 5.41) is 0. The van der Waals surface area contributed by atoms with Crippen molar-refractivity contribution in [2.75, 3.05) is 6.54 Å². The third-order valence-corrected chi connectivity index (χ3v) is 4.22. The van der Waals surface area contributed by atoms with Crippen molar-refractivity contribution in [1.82, 2.24) is 9.88 Å². The predicted molar refractivity (Wildman–Crippen MR) is 71.9 cm³/mol. The van der Waals surface area contributed by atoms with Crippen LogP contribution in [0.25, 0.3) is 0 Å². The largest absolute Gasteiger partial charge is 0.331 e. The van der Waals surface area contributed by atoms with Crippen molar-refractivity contribution >= 4 is 5.91 Å². The summed E-state index contributed by atoms with van der Waals surface area (Å²) in [5.74, 6) is 0.156. The number of fused-ring (bicyclic) bond motifs is 4. The highest BCUT2D eigenvalue weighted by atomic mass is 16.2. The summed E-state index contributed by atoms with van der Waals surface area (Å²) in [5.41, 5.74) is 4.58. The number of hydrogen-bond acceptors (Lipinski definition) is 2. The van der Waals surface area contributed by atoms with E-state index in [9.17, 15) is 4.79 Å². The second kappa shape index (κ2) is 3.92. The van der Waals surface area contributed by atoms with E-state index in [1.54, 1.807) is 6.20 Å². The van der Waals surface area contributed by atoms with E-state index in [1.165, 1.54) is 11.1 Å². The Labute approximate surface area is 111 Å². The number of amides is 1. The first-order chi connectivity index (χ1) is 9.34. The van der Waals surface area contributed by atoms with Crippen LogP contribution in [-0.4, -0.2) is 22.3 Å². The zero-order valence-electron chi connectivity index (χ0n) is 10.5. The fourth-order valence-electron chi connectivity index (χ4n) is 3.28. The Morgan fingerprint density at radius 1 is 1.16 bits per heavy atom. The minimum Gasteiger partial charge on any atom is -0.331 e. The topological polar surface area (TPSA) is 33.2 Å². The SMILES string of the molecule is O=C1c2ccncc2C[C@@H]2c3ccccc3CCN12. The van der Waals surface area contributed by atoms with Crippen LogP contribution in [0, 0.1) is 0 Å². The first-order valence-electron chi connectivity index (χ1n) is 6.66. The van der Waals surface area contributed by atoms with Crippen LogP contribution in [0.5, 0.6) is 0 Å². The average Bonchev–Trinajstić information content (AvgIpc) is 2.47. The Morgan fingerprint density at radius 2 is 2.05 bits per heavy atom. The van der Waals surface area contributed by atoms with Crippen molar-refractivity contribution < 1.29 is 4.79 Å². The van der Waals surface area contributed by atoms with E-state index in [2.05, 4.69) is 29.2 Å². The number of pyridine rings is 1. The van der Waals surface area contributed by atoms with E-state index in [0.717, 1.165) is 30.5 Å². The maximum atomic E-state index is 12.6. The van der Waals surface area contributed by atoms with Gasteiger partial charge in [0.25, 0.3) is 5.91 Å². The van der Waals surface area contributed by atoms with E-state index in [4.69, 9.17) is 0 Å². The van der Waals surface area contributed by atoms with Crippen molar-refractivity contribution in [3.8, 4) is 0 Å². The molecule has 0 saturated heterocycles. The fourth-order valence-corrected chi connectivity index (χ4v) is 3.28. The molecule has 0 unspecified atom stereocenters. The van der Waals surface area contributed by atoms with Crippen molar-refractivity contribution in [3.63, 3.8) is 0 Å². The van der Waals surface area contributed by atoms with Crippen LogP contribution in [0.1, 0.15) is 33.1 Å². The van der Waals surface area contributed by atoms with Gasteiger partial charge in [-0.2, -0.15) is 0 Å². The van der Waals surface area contributed by atoms with Gasteiger partial charge >= 0.3 is 0 Å². The summed E-state index contributed by atoms with van der Waals surface area (Å²) in [6.45, 7) is 0.822. The summed E-state index contributed by atoms with van der Waals surface area (Å²) in [7, 11) is 0. The van der Waals surface area contributed by atoms with Crippen LogP contribution in [-0.2, 0) is 12.8 Å². The number of rotatable bonds is 0. The highest BCUT2D eigenvalue weighted by Gasteiger charge is 2.36. The molecule has 0 spiro atoms. The fraction of sp³-hybridized carbons (Fsp3) is 0.250. The van der Waals surface area contributed by atoms with Gasteiger partial charge in [-0.1, -0.05) is 24.3 Å². The molecule has 3 heteroatoms. The molecule has 1 aromatic carbocycles. The lowest BCUT2D eigenvalue weighted by Crippen LogP contribution is -2.44. The predicted octanol–water partition coefficient (Wildman–Crippen LogP) is 2.38. The number of carbonyl (C=O) groups excluding carboxylic acids is 1. The number of carbonyl (C=O) groups is 1. The van der Waals surface area contributed by atoms with Gasteiger partial charge in [0.05, 0.1) is 6.04 Å². The Balaban J connectivity index is 1.85. The van der Waals surface area contributed by atoms with Crippen LogP contribution < -0.4 is 0 Å². The minimum atomic E-state index is 0.156. The quantitative estimate of drug-likeness (QED) is 0.719. The van der Waals surface area contributed by atoms with Crippen molar-refractivity contribution in [2.24, 2.45) is 0 Å². The monoisotopic (exact) mass is 250 g/mol. The van der Waals surface area contributed by atoms with E-state index in [0.29, 0.717) is 0 Å². The second-order valence-electron chi connectivity index (χ2n) is 5.20. The number of aromatic nitrogens is 1. The first-order valence-corrected chi connectivity index (χ1v) is 6.66. The van der Waals surface area contributed by atoms with Gasteiger partial charge < -0.3 is 4.90 Å². The lowest BCUT2D eigenvalue weighted by Gasteiger charge is -2.41. The van der Waals surface area contributed by atoms with Gasteiger partial charge in [-0.15, -0.1) is 0 Å². The maximum Gasteiger partial charge on any atom is 0.254 e. The molecule has 3 heterocycles. The molecule has 0 bridgehead atoms. The number of hydrogen-bond donors (Lipinski definition) is 0. The molecule has 94 valence electrons. The smallest absolute Gasteiger partial charge is 0.254 e. The van der Waals surface area contributed by atoms with Gasteiger partial charge in [0.15, 0.2) is 0 Å². The Hall–Kier alpha value is -2.16. The third-order valence-electron chi connectivity index (χ3n) is 4.22. The van der Waals surface area contributed by atoms with Gasteiger partial charge in [0, 0.05) is 24.5 Å². The molecule has 1 atom stereocenters. The third kappa shape index (κ3) is 1.51. The molecule has 4 rings (SSSR count). The Bertz CT molecular complexity index is 665. The van der Waals surface area contributed by atoms with Gasteiger partial charge in [-0.05, 0) is 35.6 Å². The molecular formula is C16H14N2O. The molecule has 2 aromatic rings. The summed E-state index contributed by atoms with van der Waals surface area (Å²) in [6, 6.07) is 10.5. The van der Waals surface area contributed by atoms with Gasteiger partial charge in [-0.3, -0.25) is 9.78 Å². The summed E-state index contributed by atoms with van der Waals surface area (Å²) < 4.78 is 0. The average molecular weight is 250 g/mol. The van der Waals surface area contributed by atoms with Crippen LogP contribution in [0.2, 0.25) is 0 Å². The highest BCUT2D eigenvalue weighted by molar-refractivity contribution is 5.97. The van der Waals surface area contributed by atoms with Crippen LogP contribution in [0.3, 0.4) is 0 Å². The van der Waals surface area contributed by atoms with E-state index in [-0.39, 0.29) is 11.9 Å². The normalized spacial score (nSPS) is 20.5. The molecule has 1 aromatic heterocycles. The molecule has 0 aliphatic carbocycles. The van der Waals surface area contributed by atoms with Crippen LogP contribution in [0.15, 0.2) is 42.7 Å². The van der Waals surface area contributed by atoms with Crippen molar-refractivity contribution in [2.45, 2.75) is 18.9 Å². The molecule has 3 nitrogen and oxygen atoms in total. The molecule has 19 heavy (non-hydrogen) atoms. The van der Waals surface area contributed by atoms with Gasteiger partial charge in [0.2, 0.25) is 0 Å². The zero-order chi connectivity index (χ0) is 12.8. The molecule has 0 fully saturated rings. The van der Waals surface area contributed by atoms with Crippen LogP contribution >= 0.6 is 0 Å². The Kier molecular flexibility index (Phi) is 2.21. The molecule has 2 aliphatic heterocycles. The van der Waals surface area contributed by atoms with Gasteiger partial charge in [0.1, 0.15) is 0 Å². The van der Waals surface area contributed by atoms with Gasteiger partial charge in [-0.25, -0.2) is 0 Å². The second-order valence-corrected chi connectivity index (χ2v) is 5.20. The van der Waals surface area contributed by atoms with Crippen LogP contribution in [0.4, 0.5) is 0 Å². The van der Waals surface area contributed by atoms with E-state index in [1.807, 2.05) is 17.2 Å². The summed E-state index contributed by atoms with van der Waals surface area (Å²) in [6.07, 6.45) is 5.38. The minimum absolute atomic E-state index is 0.156. The number of nitrogens with zero attached hydrogens (tertiary/aromatic N) is 2. The molecule has 0 N–H and O–H groups in total. The van der Waals surface area contributed by atoms with E-state index >= 15 is 0 Å². The summed E-state index contributed by atoms with van der Waals surface area (Å²) in [4.78, 5) is 18.7. The molecular weight excluding hydrogens is 236 g/mol. The molecule has 1 amide bonds. The molecule has 0 radical (unpaired) electrons. The Morgan fingerprint density at radius 3 is 3.00 bits per heavy atom. The van der Waals surface area contributed by atoms with E-state index < -0.39 is 0 Å². The first kappa shape index (κ1) is 10.7. The summed E-state index contributed by atoms with van der Waals surface area (Å²) >= 11 is 0. The lowest BCUT2D eigenvalue weighted by atomic mass is 9.84. The molecule has 2 aliphatic rings. The number of benzene rings is 1. The maximum absolute atomic E-state index is 12.6. The lowest BCUT2D eigenvalue weighted by molar-refractivity contribution is 0.0631. The standard InChI is InChI=1S/C16H14N2O/c19-16-14-5-7-17-10-12(14)9-15-13-4-2-1-3-11(13)6-8-18(15)16/h1-5,7,10,15H,6,8-9H2/t15-/m1/s1. The van der Waals surface area contributed by atoms with Crippen molar-refractivity contribution in [1.29, 1.82) is 0 Å². The zero-order valence-corrected chi connectivity index (χ0v) is 10.5.